The highest BCUT2D eigenvalue weighted by molar-refractivity contribution is 6.35. The van der Waals surface area contributed by atoms with Gasteiger partial charge in [-0.25, -0.2) is 0 Å². The molecular weight excluding hydrogens is 156 g/mol. The lowest BCUT2D eigenvalue weighted by molar-refractivity contribution is -0.142. The third-order valence-corrected chi connectivity index (χ3v) is 1.94. The molecule has 1 aliphatic rings. The van der Waals surface area contributed by atoms with Crippen molar-refractivity contribution in [3.05, 3.63) is 0 Å². The van der Waals surface area contributed by atoms with Crippen molar-refractivity contribution in [1.82, 2.24) is 0 Å². The maximum atomic E-state index is 10.8. The molecule has 0 unspecified atom stereocenters. The van der Waals surface area contributed by atoms with Gasteiger partial charge in [-0.2, -0.15) is 0 Å². The number of carbonyl (C=O) groups excluding carboxylic acids is 1. The fraction of sp³-hybridized carbons (Fsp3) is 0.833. The highest BCUT2D eigenvalue weighted by atomic mass is 35.5. The van der Waals surface area contributed by atoms with Gasteiger partial charge in [-0.15, -0.1) is 11.6 Å². The van der Waals surface area contributed by atoms with Gasteiger partial charge in [0.1, 0.15) is 11.7 Å². The second-order valence-electron chi connectivity index (χ2n) is 2.34. The van der Waals surface area contributed by atoms with Gasteiger partial charge in [0.2, 0.25) is 0 Å². The summed E-state index contributed by atoms with van der Waals surface area (Å²) in [5.74, 6) is -0.103. The van der Waals surface area contributed by atoms with Crippen LogP contribution >= 0.6 is 11.6 Å². The molecule has 1 heterocycles. The van der Waals surface area contributed by atoms with Gasteiger partial charge in [0.05, 0.1) is 13.2 Å². The van der Waals surface area contributed by atoms with Gasteiger partial charge >= 0.3 is 0 Å². The van der Waals surface area contributed by atoms with Gasteiger partial charge in [-0.05, 0) is 6.92 Å². The van der Waals surface area contributed by atoms with E-state index in [2.05, 4.69) is 0 Å². The molecule has 0 N–H and O–H groups in total. The van der Waals surface area contributed by atoms with Crippen molar-refractivity contribution in [3.8, 4) is 0 Å². The molecule has 1 saturated heterocycles. The average Bonchev–Trinajstić information content (AvgIpc) is 1.89. The van der Waals surface area contributed by atoms with Crippen LogP contribution in [0.4, 0.5) is 0 Å². The van der Waals surface area contributed by atoms with E-state index < -0.39 is 4.87 Å². The molecule has 0 aromatic rings. The van der Waals surface area contributed by atoms with Crippen LogP contribution in [-0.4, -0.2) is 30.7 Å². The second-order valence-corrected chi connectivity index (χ2v) is 3.06. The van der Waals surface area contributed by atoms with E-state index in [1.165, 1.54) is 6.92 Å². The molecule has 58 valence electrons. The predicted octanol–water partition coefficient (Wildman–Crippen LogP) is 0.557. The topological polar surface area (TPSA) is 35.5 Å². The number of hydrogen-bond acceptors (Lipinski definition) is 3. The Bertz CT molecular complexity index is 140. The Labute approximate surface area is 64.3 Å². The predicted molar refractivity (Wildman–Crippen MR) is 36.0 cm³/mol. The van der Waals surface area contributed by atoms with Gasteiger partial charge in [0, 0.05) is 0 Å². The third-order valence-electron chi connectivity index (χ3n) is 1.46. The zero-order chi connectivity index (χ0) is 7.61. The molecule has 3 nitrogen and oxygen atoms in total. The quantitative estimate of drug-likeness (QED) is 0.532. The summed E-state index contributed by atoms with van der Waals surface area (Å²) < 4.78 is 9.74. The number of halogens is 1. The lowest BCUT2D eigenvalue weighted by atomic mass is 10.1. The monoisotopic (exact) mass is 164 g/mol. The Hall–Kier alpha value is -0.120. The molecule has 0 bridgehead atoms. The molecule has 0 aromatic heterocycles. The first-order valence-electron chi connectivity index (χ1n) is 3.00. The summed E-state index contributed by atoms with van der Waals surface area (Å²) >= 11 is 5.81. The van der Waals surface area contributed by atoms with E-state index in [1.807, 2.05) is 0 Å². The van der Waals surface area contributed by atoms with E-state index in [1.54, 1.807) is 0 Å². The fourth-order valence-electron chi connectivity index (χ4n) is 0.711. The molecule has 1 aliphatic heterocycles. The maximum Gasteiger partial charge on any atom is 0.155 e. The average molecular weight is 165 g/mol. The van der Waals surface area contributed by atoms with E-state index in [-0.39, 0.29) is 25.8 Å². The minimum Gasteiger partial charge on any atom is -0.353 e. The fourth-order valence-corrected chi connectivity index (χ4v) is 0.865. The van der Waals surface area contributed by atoms with Crippen LogP contribution in [0.2, 0.25) is 0 Å². The van der Waals surface area contributed by atoms with Crippen molar-refractivity contribution < 1.29 is 14.3 Å². The van der Waals surface area contributed by atoms with Gasteiger partial charge in [0.15, 0.2) is 5.78 Å². The second kappa shape index (κ2) is 2.86. The van der Waals surface area contributed by atoms with Crippen molar-refractivity contribution in [1.29, 1.82) is 0 Å². The number of ketones is 1. The van der Waals surface area contributed by atoms with Gasteiger partial charge in [0.25, 0.3) is 0 Å². The number of hydrogen-bond donors (Lipinski definition) is 0. The number of ether oxygens (including phenoxy) is 2. The van der Waals surface area contributed by atoms with E-state index >= 15 is 0 Å². The molecule has 0 aromatic carbocycles. The van der Waals surface area contributed by atoms with Crippen LogP contribution in [0.25, 0.3) is 0 Å². The number of carbonyl (C=O) groups is 1. The van der Waals surface area contributed by atoms with Crippen LogP contribution in [0.15, 0.2) is 0 Å². The minimum atomic E-state index is -0.932. The molecule has 0 atom stereocenters. The third kappa shape index (κ3) is 1.48. The molecule has 1 fully saturated rings. The molecule has 4 heteroatoms. The molecule has 0 saturated carbocycles. The van der Waals surface area contributed by atoms with Crippen molar-refractivity contribution >= 4 is 17.4 Å². The molecule has 10 heavy (non-hydrogen) atoms. The van der Waals surface area contributed by atoms with Gasteiger partial charge < -0.3 is 9.47 Å². The standard InChI is InChI=1S/C6H9ClO3/c1-5(8)6(7)2-9-4-10-3-6/h2-4H2,1H3. The summed E-state index contributed by atoms with van der Waals surface area (Å²) in [5.41, 5.74) is 0. The lowest BCUT2D eigenvalue weighted by Gasteiger charge is -2.27. The molecule has 0 amide bonds. The highest BCUT2D eigenvalue weighted by Gasteiger charge is 2.36. The van der Waals surface area contributed by atoms with E-state index in [4.69, 9.17) is 21.1 Å². The maximum absolute atomic E-state index is 10.8. The summed E-state index contributed by atoms with van der Waals surface area (Å²) in [7, 11) is 0. The van der Waals surface area contributed by atoms with Crippen LogP contribution < -0.4 is 0 Å². The Morgan fingerprint density at radius 2 is 2.00 bits per heavy atom. The van der Waals surface area contributed by atoms with Crippen LogP contribution in [0.3, 0.4) is 0 Å². The molecular formula is C6H9ClO3. The van der Waals surface area contributed by atoms with E-state index in [0.29, 0.717) is 0 Å². The van der Waals surface area contributed by atoms with Crippen LogP contribution in [-0.2, 0) is 14.3 Å². The molecule has 0 spiro atoms. The summed E-state index contributed by atoms with van der Waals surface area (Å²) in [6, 6.07) is 0. The summed E-state index contributed by atoms with van der Waals surface area (Å²) in [6.07, 6.45) is 0. The minimum absolute atomic E-state index is 0.103. The Morgan fingerprint density at radius 1 is 1.50 bits per heavy atom. The molecule has 0 aliphatic carbocycles. The van der Waals surface area contributed by atoms with Crippen LogP contribution in [0.1, 0.15) is 6.92 Å². The number of rotatable bonds is 1. The first-order chi connectivity index (χ1) is 4.65. The van der Waals surface area contributed by atoms with Crippen LogP contribution in [0.5, 0.6) is 0 Å². The largest absolute Gasteiger partial charge is 0.353 e. The lowest BCUT2D eigenvalue weighted by Crippen LogP contribution is -2.44. The first kappa shape index (κ1) is 7.98. The number of Topliss-reactive ketones (excluding diaryl/α,β-unsaturated/α-hetero) is 1. The summed E-state index contributed by atoms with van der Waals surface area (Å²) in [6.45, 7) is 2.18. The Morgan fingerprint density at radius 3 is 2.30 bits per heavy atom. The Kier molecular flexibility index (Phi) is 2.28. The summed E-state index contributed by atoms with van der Waals surface area (Å²) in [5, 5.41) is 0. The molecule has 1 rings (SSSR count). The van der Waals surface area contributed by atoms with Crippen molar-refractivity contribution in [2.75, 3.05) is 20.0 Å². The SMILES string of the molecule is CC(=O)C1(Cl)COCOC1. The zero-order valence-electron chi connectivity index (χ0n) is 5.72. The van der Waals surface area contributed by atoms with E-state index in [0.717, 1.165) is 0 Å². The Balaban J connectivity index is 2.56. The zero-order valence-corrected chi connectivity index (χ0v) is 6.48. The van der Waals surface area contributed by atoms with E-state index in [9.17, 15) is 4.79 Å². The normalized spacial score (nSPS) is 24.2. The van der Waals surface area contributed by atoms with Crippen molar-refractivity contribution in [2.45, 2.75) is 11.8 Å². The van der Waals surface area contributed by atoms with Gasteiger partial charge in [-0.1, -0.05) is 0 Å². The van der Waals surface area contributed by atoms with Crippen molar-refractivity contribution in [3.63, 3.8) is 0 Å². The smallest absolute Gasteiger partial charge is 0.155 e. The number of alkyl halides is 1. The van der Waals surface area contributed by atoms with Crippen molar-refractivity contribution in [2.24, 2.45) is 0 Å². The van der Waals surface area contributed by atoms with Gasteiger partial charge in [-0.3, -0.25) is 4.79 Å². The first-order valence-corrected chi connectivity index (χ1v) is 3.38. The molecule has 0 radical (unpaired) electrons. The summed E-state index contributed by atoms with van der Waals surface area (Å²) in [4.78, 5) is 9.90. The van der Waals surface area contributed by atoms with Crippen LogP contribution in [0, 0.1) is 0 Å². The highest BCUT2D eigenvalue weighted by Crippen LogP contribution is 2.20.